The first-order valence-electron chi connectivity index (χ1n) is 2.54. The van der Waals surface area contributed by atoms with E-state index in [4.69, 9.17) is 33.4 Å². The second kappa shape index (κ2) is 3.25. The highest BCUT2D eigenvalue weighted by Gasteiger charge is 2.08. The van der Waals surface area contributed by atoms with Gasteiger partial charge in [-0.25, -0.2) is 0 Å². The van der Waals surface area contributed by atoms with Crippen molar-refractivity contribution >= 4 is 17.9 Å². The normalized spacial score (nSPS) is 8.36. The number of hydrazine groups is 1. The molecule has 0 aromatic rings. The van der Waals surface area contributed by atoms with Crippen LogP contribution in [0.5, 0.6) is 0 Å². The van der Waals surface area contributed by atoms with Crippen LogP contribution in [-0.4, -0.2) is 22.9 Å². The maximum absolute atomic E-state index is 6.84. The highest BCUT2D eigenvalue weighted by Crippen LogP contribution is 1.75. The standard InChI is InChI=1S/C3H10N8/c4-1(5)10-11(2(6)7)3(8)9/h(H3,6,7)(H3,8,9)(H4,4,5,10). The van der Waals surface area contributed by atoms with Gasteiger partial charge in [-0.05, 0) is 0 Å². The Hall–Kier alpha value is -1.99. The van der Waals surface area contributed by atoms with E-state index in [1.54, 1.807) is 0 Å². The highest BCUT2D eigenvalue weighted by molar-refractivity contribution is 5.96. The lowest BCUT2D eigenvalue weighted by molar-refractivity contribution is 0.530. The van der Waals surface area contributed by atoms with Crippen molar-refractivity contribution in [3.8, 4) is 0 Å². The number of hydrogen-bond donors (Lipinski definition) is 7. The van der Waals surface area contributed by atoms with E-state index in [1.165, 1.54) is 0 Å². The summed E-state index contributed by atoms with van der Waals surface area (Å²) in [7, 11) is 0. The summed E-state index contributed by atoms with van der Waals surface area (Å²) in [5.74, 6) is -1.46. The average Bonchev–Trinajstić information content (AvgIpc) is 1.81. The molecule has 0 saturated carbocycles. The Bertz CT molecular complexity index is 180. The molecule has 0 aromatic heterocycles. The zero-order valence-corrected chi connectivity index (χ0v) is 5.68. The lowest BCUT2D eigenvalue weighted by atomic mass is 10.8. The molecule has 0 fully saturated rings. The molecule has 0 heterocycles. The summed E-state index contributed by atoms with van der Waals surface area (Å²) in [6.07, 6.45) is 0. The molecule has 8 nitrogen and oxygen atoms in total. The monoisotopic (exact) mass is 158 g/mol. The molecular formula is C3H10N8. The minimum absolute atomic E-state index is 0.449. The Morgan fingerprint density at radius 1 is 1.00 bits per heavy atom. The van der Waals surface area contributed by atoms with Crippen LogP contribution in [0.4, 0.5) is 0 Å². The van der Waals surface area contributed by atoms with Gasteiger partial charge < -0.3 is 17.2 Å². The molecule has 0 aliphatic rings. The van der Waals surface area contributed by atoms with Crippen molar-refractivity contribution in [2.45, 2.75) is 0 Å². The zero-order chi connectivity index (χ0) is 9.02. The Labute approximate surface area is 62.8 Å². The van der Waals surface area contributed by atoms with Crippen molar-refractivity contribution < 1.29 is 0 Å². The van der Waals surface area contributed by atoms with Gasteiger partial charge in [0.2, 0.25) is 17.9 Å². The van der Waals surface area contributed by atoms with Crippen LogP contribution in [0.3, 0.4) is 0 Å². The second-order valence-electron chi connectivity index (χ2n) is 1.63. The van der Waals surface area contributed by atoms with E-state index in [1.807, 2.05) is 0 Å². The molecule has 0 spiro atoms. The van der Waals surface area contributed by atoms with Crippen LogP contribution in [0.1, 0.15) is 0 Å². The van der Waals surface area contributed by atoms with Gasteiger partial charge in [0.15, 0.2) is 0 Å². The maximum Gasteiger partial charge on any atom is 0.215 e. The first-order chi connectivity index (χ1) is 4.95. The van der Waals surface area contributed by atoms with Crippen molar-refractivity contribution in [1.82, 2.24) is 10.4 Å². The van der Waals surface area contributed by atoms with Gasteiger partial charge in [-0.1, -0.05) is 0 Å². The highest BCUT2D eigenvalue weighted by atomic mass is 15.6. The van der Waals surface area contributed by atoms with Gasteiger partial charge in [-0.2, -0.15) is 5.01 Å². The summed E-state index contributed by atoms with van der Waals surface area (Å²) in [4.78, 5) is 0. The second-order valence-corrected chi connectivity index (χ2v) is 1.63. The number of nitrogens with two attached hydrogens (primary N) is 3. The number of nitrogens with zero attached hydrogens (tertiary/aromatic N) is 1. The molecule has 10 N–H and O–H groups in total. The number of guanidine groups is 3. The largest absolute Gasteiger partial charge is 0.369 e. The first-order valence-corrected chi connectivity index (χ1v) is 2.54. The molecule has 62 valence electrons. The molecule has 0 unspecified atom stereocenters. The van der Waals surface area contributed by atoms with Crippen LogP contribution in [0.15, 0.2) is 0 Å². The fourth-order valence-electron chi connectivity index (χ4n) is 0.371. The molecule has 0 radical (unpaired) electrons. The number of nitrogens with one attached hydrogen (secondary N) is 4. The van der Waals surface area contributed by atoms with Crippen LogP contribution in [0, 0.1) is 16.2 Å². The average molecular weight is 158 g/mol. The smallest absolute Gasteiger partial charge is 0.215 e. The third kappa shape index (κ3) is 2.89. The molecule has 11 heavy (non-hydrogen) atoms. The lowest BCUT2D eigenvalue weighted by Gasteiger charge is -2.20. The molecule has 0 aromatic carbocycles. The van der Waals surface area contributed by atoms with Gasteiger partial charge in [0.05, 0.1) is 0 Å². The predicted molar refractivity (Wildman–Crippen MR) is 40.7 cm³/mol. The molecule has 0 aliphatic heterocycles. The molecule has 0 bridgehead atoms. The van der Waals surface area contributed by atoms with Gasteiger partial charge in [-0.3, -0.25) is 21.7 Å². The molecule has 0 atom stereocenters. The van der Waals surface area contributed by atoms with Crippen LogP contribution < -0.4 is 22.6 Å². The quantitative estimate of drug-likeness (QED) is 0.117. The topological polar surface area (TPSA) is 165 Å². The van der Waals surface area contributed by atoms with E-state index in [0.717, 1.165) is 0 Å². The Morgan fingerprint density at radius 3 is 1.45 bits per heavy atom. The van der Waals surface area contributed by atoms with Crippen molar-refractivity contribution in [3.05, 3.63) is 0 Å². The number of hydrogen-bond acceptors (Lipinski definition) is 3. The SMILES string of the molecule is N=C(N)NN(C(=N)N)C(=N)N. The Kier molecular flexibility index (Phi) is 2.66. The van der Waals surface area contributed by atoms with Crippen molar-refractivity contribution in [2.75, 3.05) is 0 Å². The van der Waals surface area contributed by atoms with Crippen LogP contribution in [-0.2, 0) is 0 Å². The van der Waals surface area contributed by atoms with E-state index in [-0.39, 0.29) is 0 Å². The Morgan fingerprint density at radius 2 is 1.36 bits per heavy atom. The summed E-state index contributed by atoms with van der Waals surface area (Å²) >= 11 is 0. The third-order valence-corrected chi connectivity index (χ3v) is 0.714. The van der Waals surface area contributed by atoms with Crippen LogP contribution >= 0.6 is 0 Å². The van der Waals surface area contributed by atoms with Crippen molar-refractivity contribution in [1.29, 1.82) is 16.2 Å². The van der Waals surface area contributed by atoms with Crippen molar-refractivity contribution in [3.63, 3.8) is 0 Å². The summed E-state index contributed by atoms with van der Waals surface area (Å²) in [6, 6.07) is 0. The third-order valence-electron chi connectivity index (χ3n) is 0.714. The van der Waals surface area contributed by atoms with Gasteiger partial charge >= 0.3 is 0 Å². The minimum atomic E-state index is -0.507. The van der Waals surface area contributed by atoms with Crippen LogP contribution in [0.2, 0.25) is 0 Å². The molecule has 0 amide bonds. The Balaban J connectivity index is 4.23. The number of rotatable bonds is 0. The van der Waals surface area contributed by atoms with E-state index in [9.17, 15) is 0 Å². The molecule has 8 heteroatoms. The molecular weight excluding hydrogens is 148 g/mol. The zero-order valence-electron chi connectivity index (χ0n) is 5.68. The van der Waals surface area contributed by atoms with Gasteiger partial charge in [0.1, 0.15) is 0 Å². The molecule has 0 rings (SSSR count). The van der Waals surface area contributed by atoms with Gasteiger partial charge in [-0.15, -0.1) is 0 Å². The van der Waals surface area contributed by atoms with E-state index in [0.29, 0.717) is 5.01 Å². The van der Waals surface area contributed by atoms with E-state index >= 15 is 0 Å². The summed E-state index contributed by atoms with van der Waals surface area (Å²) in [5.41, 5.74) is 16.9. The molecule has 0 aliphatic carbocycles. The van der Waals surface area contributed by atoms with Crippen molar-refractivity contribution in [2.24, 2.45) is 17.2 Å². The van der Waals surface area contributed by atoms with Gasteiger partial charge in [0.25, 0.3) is 0 Å². The van der Waals surface area contributed by atoms with E-state index < -0.39 is 17.9 Å². The summed E-state index contributed by atoms with van der Waals surface area (Å²) in [6.45, 7) is 0. The fraction of sp³-hybridized carbons (Fsp3) is 0. The van der Waals surface area contributed by atoms with Crippen LogP contribution in [0.25, 0.3) is 0 Å². The predicted octanol–water partition coefficient (Wildman–Crippen LogP) is -2.53. The lowest BCUT2D eigenvalue weighted by Crippen LogP contribution is -2.56. The van der Waals surface area contributed by atoms with Gasteiger partial charge in [0, 0.05) is 0 Å². The fourth-order valence-corrected chi connectivity index (χ4v) is 0.371. The minimum Gasteiger partial charge on any atom is -0.369 e. The molecule has 0 saturated heterocycles. The summed E-state index contributed by atoms with van der Waals surface area (Å²) < 4.78 is 0. The maximum atomic E-state index is 6.84. The van der Waals surface area contributed by atoms with E-state index in [2.05, 4.69) is 5.43 Å². The summed E-state index contributed by atoms with van der Waals surface area (Å²) in [5, 5.41) is 21.1. The first kappa shape index (κ1) is 9.01.